The number of rotatable bonds is 25. The largest absolute Gasteiger partial charge is 0.508 e. The van der Waals surface area contributed by atoms with Crippen LogP contribution in [0.4, 0.5) is 16.3 Å². The van der Waals surface area contributed by atoms with Gasteiger partial charge in [0.05, 0.1) is 63.1 Å². The second-order valence-corrected chi connectivity index (χ2v) is 25.3. The number of carboxylic acid groups (broad SMARTS) is 1. The molecule has 4 aromatic carbocycles. The number of piperidine rings is 1. The number of nitrogens with zero attached hydrogens (tertiary/aromatic N) is 9. The minimum atomic E-state index is -1.20. The molecule has 4 amide bonds. The normalized spacial score (nSPS) is 18.7. The van der Waals surface area contributed by atoms with Gasteiger partial charge in [-0.2, -0.15) is 9.97 Å². The number of piperazine rings is 1. The first-order valence-corrected chi connectivity index (χ1v) is 33.0. The fraction of sp³-hybridized carbons (Fsp3) is 0.515. The lowest BCUT2D eigenvalue weighted by molar-refractivity contribution is -0.140. The molecule has 1 saturated carbocycles. The Morgan fingerprint density at radius 3 is 2.26 bits per heavy atom. The third-order valence-electron chi connectivity index (χ3n) is 18.5. The zero-order valence-corrected chi connectivity index (χ0v) is 53.0. The Kier molecular flexibility index (Phi) is 21.3. The fourth-order valence-corrected chi connectivity index (χ4v) is 14.4. The van der Waals surface area contributed by atoms with Crippen molar-refractivity contribution < 1.29 is 53.1 Å². The second kappa shape index (κ2) is 30.0. The van der Waals surface area contributed by atoms with E-state index in [0.717, 1.165) is 162 Å². The third-order valence-corrected chi connectivity index (χ3v) is 19.4. The molecule has 0 spiro atoms. The van der Waals surface area contributed by atoms with Gasteiger partial charge in [-0.15, -0.1) is 11.3 Å². The Morgan fingerprint density at radius 2 is 1.50 bits per heavy atom. The van der Waals surface area contributed by atoms with Crippen LogP contribution in [0.25, 0.3) is 32.8 Å². The molecule has 3 N–H and O–H groups in total. The highest BCUT2D eigenvalue weighted by atomic mass is 32.1. The monoisotopic (exact) mass is 1250 g/mol. The van der Waals surface area contributed by atoms with E-state index in [1.807, 2.05) is 69.8 Å². The minimum Gasteiger partial charge on any atom is -0.508 e. The molecule has 1 aliphatic carbocycles. The van der Waals surface area contributed by atoms with E-state index in [1.54, 1.807) is 24.3 Å². The number of ether oxygens (including phenoxy) is 5. The number of aromatic nitrogens is 3. The van der Waals surface area contributed by atoms with E-state index in [9.17, 15) is 29.4 Å². The molecular formula is C68H86N10O11S. The third kappa shape index (κ3) is 15.2. The van der Waals surface area contributed by atoms with Crippen LogP contribution in [0.1, 0.15) is 93.9 Å². The van der Waals surface area contributed by atoms with Crippen molar-refractivity contribution in [2.75, 3.05) is 115 Å². The first-order valence-electron chi connectivity index (χ1n) is 32.2. The van der Waals surface area contributed by atoms with Crippen molar-refractivity contribution in [3.8, 4) is 28.8 Å². The van der Waals surface area contributed by atoms with Gasteiger partial charge in [-0.25, -0.2) is 9.78 Å². The summed E-state index contributed by atoms with van der Waals surface area (Å²) < 4.78 is 30.9. The van der Waals surface area contributed by atoms with Gasteiger partial charge in [0.1, 0.15) is 47.1 Å². The number of hydrogen-bond acceptors (Lipinski definition) is 17. The van der Waals surface area contributed by atoms with Crippen molar-refractivity contribution in [1.82, 2.24) is 39.9 Å². The molecule has 2 aromatic heterocycles. The van der Waals surface area contributed by atoms with Gasteiger partial charge in [-0.1, -0.05) is 74.4 Å². The van der Waals surface area contributed by atoms with Gasteiger partial charge < -0.3 is 58.8 Å². The van der Waals surface area contributed by atoms with Crippen LogP contribution in [0.3, 0.4) is 0 Å². The number of nitrogens with one attached hydrogen (secondary N) is 1. The summed E-state index contributed by atoms with van der Waals surface area (Å²) in [6.45, 7) is 16.7. The summed E-state index contributed by atoms with van der Waals surface area (Å²) in [5.74, 6) is 1.17. The number of carbonyl (C=O) groups excluding carboxylic acids is 3. The highest BCUT2D eigenvalue weighted by Gasteiger charge is 2.41. The van der Waals surface area contributed by atoms with Crippen molar-refractivity contribution in [2.45, 2.75) is 115 Å². The quantitative estimate of drug-likeness (QED) is 0.0359. The smallest absolute Gasteiger partial charge is 0.407 e. The molecule has 480 valence electrons. The van der Waals surface area contributed by atoms with Crippen molar-refractivity contribution >= 4 is 68.2 Å². The Bertz CT molecular complexity index is 3470. The van der Waals surface area contributed by atoms with E-state index in [0.29, 0.717) is 84.9 Å². The SMILES string of the molecule is C=CC(=O)N1CCN(c2nc(O[C@H](C)CN3CCC(OCCOCCOCCOc4ccc(-c5csc([C@@H]6CCCN6C(=O)[C@@H](NC(=O)[C@H](C)N(C)C(=O)O)C6CCCCC6)n5)c5ccccc45)CC3)nc3c2CCN(c2cc(O)cc4ccccc24)C3)CC1. The zero-order chi connectivity index (χ0) is 62.7. The van der Waals surface area contributed by atoms with Gasteiger partial charge in [0.25, 0.3) is 0 Å². The number of thiazole rings is 1. The highest BCUT2D eigenvalue weighted by Crippen LogP contribution is 2.41. The number of likely N-dealkylation sites (N-methyl/N-ethyl adjacent to an activating group) is 1. The Labute approximate surface area is 530 Å². The molecule has 0 radical (unpaired) electrons. The maximum Gasteiger partial charge on any atom is 0.407 e. The number of carbonyl (C=O) groups is 4. The molecule has 0 unspecified atom stereocenters. The molecule has 4 aliphatic heterocycles. The van der Waals surface area contributed by atoms with E-state index in [1.165, 1.54) is 13.1 Å². The molecule has 4 fully saturated rings. The van der Waals surface area contributed by atoms with E-state index in [4.69, 9.17) is 38.6 Å². The summed E-state index contributed by atoms with van der Waals surface area (Å²) >= 11 is 1.54. The van der Waals surface area contributed by atoms with E-state index >= 15 is 0 Å². The number of aromatic hydroxyl groups is 1. The average Bonchev–Trinajstić information content (AvgIpc) is 1.50. The number of phenols is 1. The Hall–Kier alpha value is -7.63. The van der Waals surface area contributed by atoms with Crippen molar-refractivity contribution in [1.29, 1.82) is 0 Å². The molecule has 4 atom stereocenters. The summed E-state index contributed by atoms with van der Waals surface area (Å²) in [6.07, 6.45) is 9.02. The number of amides is 4. The molecule has 5 aliphatic rings. The standard InChI is InChI=1S/C68H86N10O11S/c1-5-61(80)75-30-32-76(33-31-75)63-55-25-29-77(59-41-49(79)40-48-16-9-10-17-51(48)59)43-56(55)70-67(72-63)89-45(2)42-74-27-23-50(24-28-74)87-38-36-85-34-35-86-37-39-88-60-22-21-53(52-18-11-12-19-54(52)60)57-44-90-65(69-57)58-20-13-26-78(58)66(82)62(47-14-7-6-8-15-47)71-64(81)46(3)73(4)68(83)84/h5,9-12,16-19,21-22,40-41,44-47,50,58,62,79H,1,6-8,13-15,20,23-39,42-43H2,2-4H3,(H,71,81)(H,83,84)/t45-,46+,58+,62+/m1/s1. The number of anilines is 2. The molecular weight excluding hydrogens is 1160 g/mol. The first kappa shape index (κ1) is 63.9. The molecule has 21 nitrogen and oxygen atoms in total. The summed E-state index contributed by atoms with van der Waals surface area (Å²) in [6, 6.07) is 22.3. The molecule has 90 heavy (non-hydrogen) atoms. The lowest BCUT2D eigenvalue weighted by Crippen LogP contribution is -2.56. The van der Waals surface area contributed by atoms with Crippen LogP contribution >= 0.6 is 11.3 Å². The molecule has 22 heteroatoms. The van der Waals surface area contributed by atoms with Crippen LogP contribution in [0, 0.1) is 5.92 Å². The highest BCUT2D eigenvalue weighted by molar-refractivity contribution is 7.10. The van der Waals surface area contributed by atoms with Crippen LogP contribution in [-0.2, 0) is 41.6 Å². The van der Waals surface area contributed by atoms with Gasteiger partial charge >= 0.3 is 12.1 Å². The summed E-state index contributed by atoms with van der Waals surface area (Å²) in [7, 11) is 1.37. The number of hydrogen-bond donors (Lipinski definition) is 3. The van der Waals surface area contributed by atoms with Crippen molar-refractivity contribution in [3.05, 3.63) is 107 Å². The van der Waals surface area contributed by atoms with Gasteiger partial charge in [-0.05, 0) is 99.8 Å². The number of benzene rings is 4. The number of likely N-dealkylation sites (tertiary alicyclic amines) is 2. The molecule has 3 saturated heterocycles. The van der Waals surface area contributed by atoms with Crippen LogP contribution < -0.4 is 24.6 Å². The minimum absolute atomic E-state index is 0.0160. The summed E-state index contributed by atoms with van der Waals surface area (Å²) in [5.41, 5.74) is 4.76. The molecule has 11 rings (SSSR count). The zero-order valence-electron chi connectivity index (χ0n) is 52.1. The number of fused-ring (bicyclic) bond motifs is 3. The second-order valence-electron chi connectivity index (χ2n) is 24.4. The number of phenolic OH excluding ortho intramolecular Hbond substituents is 1. The molecule has 6 aromatic rings. The van der Waals surface area contributed by atoms with Crippen LogP contribution in [0.5, 0.6) is 17.5 Å². The fourth-order valence-electron chi connectivity index (χ4n) is 13.5. The van der Waals surface area contributed by atoms with Gasteiger partial charge in [0, 0.05) is 105 Å². The Balaban J connectivity index is 0.601. The first-order chi connectivity index (χ1) is 43.8. The summed E-state index contributed by atoms with van der Waals surface area (Å²) in [4.78, 5) is 78.9. The van der Waals surface area contributed by atoms with Crippen molar-refractivity contribution in [2.24, 2.45) is 5.92 Å². The van der Waals surface area contributed by atoms with Crippen LogP contribution in [-0.4, -0.2) is 198 Å². The van der Waals surface area contributed by atoms with Gasteiger partial charge in [0.2, 0.25) is 17.7 Å². The van der Waals surface area contributed by atoms with E-state index < -0.39 is 24.1 Å². The lowest BCUT2D eigenvalue weighted by atomic mass is 9.83. The van der Waals surface area contributed by atoms with Gasteiger partial charge in [-0.3, -0.25) is 24.2 Å². The predicted octanol–water partition coefficient (Wildman–Crippen LogP) is 9.10. The molecule has 0 bridgehead atoms. The van der Waals surface area contributed by atoms with Crippen LogP contribution in [0.15, 0.2) is 90.8 Å². The van der Waals surface area contributed by atoms with Gasteiger partial charge in [0.15, 0.2) is 0 Å². The maximum absolute atomic E-state index is 14.5. The average molecular weight is 1250 g/mol. The summed E-state index contributed by atoms with van der Waals surface area (Å²) in [5, 5.41) is 30.1. The Morgan fingerprint density at radius 1 is 0.778 bits per heavy atom. The van der Waals surface area contributed by atoms with Crippen LogP contribution in [0.2, 0.25) is 0 Å². The van der Waals surface area contributed by atoms with Crippen molar-refractivity contribution in [3.63, 3.8) is 0 Å². The van der Waals surface area contributed by atoms with E-state index in [-0.39, 0.29) is 41.7 Å². The van der Waals surface area contributed by atoms with E-state index in [2.05, 4.69) is 45.7 Å². The predicted molar refractivity (Wildman–Crippen MR) is 347 cm³/mol. The molecule has 6 heterocycles. The topological polar surface area (TPSA) is 225 Å². The maximum atomic E-state index is 14.5. The lowest BCUT2D eigenvalue weighted by Gasteiger charge is -2.38.